The maximum Gasteiger partial charge on any atom is 0.326 e. The molecule has 6 atom stereocenters. The number of aliphatic carboxylic acids is 1. The highest BCUT2D eigenvalue weighted by Crippen LogP contribution is 2.28. The fraction of sp³-hybridized carbons (Fsp3) is 0.619. The van der Waals surface area contributed by atoms with Crippen molar-refractivity contribution in [3.63, 3.8) is 0 Å². The molecule has 0 heterocycles. The normalized spacial score (nSPS) is 15.5. The molecule has 7 amide bonds. The summed E-state index contributed by atoms with van der Waals surface area (Å²) in [4.78, 5) is 122. The van der Waals surface area contributed by atoms with Gasteiger partial charge in [0.1, 0.15) is 24.2 Å². The second kappa shape index (κ2) is 27.6. The summed E-state index contributed by atoms with van der Waals surface area (Å²) in [5.41, 5.74) is 22.2. The summed E-state index contributed by atoms with van der Waals surface area (Å²) >= 11 is 12.1. The van der Waals surface area contributed by atoms with Crippen LogP contribution in [-0.2, 0) is 49.6 Å². The third-order valence-corrected chi connectivity index (χ3v) is 11.4. The maximum absolute atomic E-state index is 14.2. The minimum absolute atomic E-state index is 0.0265. The van der Waals surface area contributed by atoms with Crippen LogP contribution in [0.1, 0.15) is 110 Å². The van der Waals surface area contributed by atoms with E-state index in [1.807, 2.05) is 0 Å². The first kappa shape index (κ1) is 54.6. The molecule has 356 valence electrons. The molecule has 1 saturated carbocycles. The average Bonchev–Trinajstić information content (AvgIpc) is 3.20. The van der Waals surface area contributed by atoms with Gasteiger partial charge in [0.05, 0.1) is 22.5 Å². The minimum atomic E-state index is -1.64. The van der Waals surface area contributed by atoms with Crippen molar-refractivity contribution in [3.05, 3.63) is 33.8 Å². The van der Waals surface area contributed by atoms with Gasteiger partial charge in [-0.05, 0) is 61.6 Å². The second-order valence-corrected chi connectivity index (χ2v) is 17.5. The molecule has 20 nitrogen and oxygen atoms in total. The van der Waals surface area contributed by atoms with Gasteiger partial charge in [0.25, 0.3) is 0 Å². The van der Waals surface area contributed by atoms with Gasteiger partial charge in [-0.15, -0.1) is 0 Å². The molecule has 2 rings (SSSR count). The summed E-state index contributed by atoms with van der Waals surface area (Å²) < 4.78 is 0. The molecule has 1 aromatic rings. The Labute approximate surface area is 382 Å². The number of carbonyl (C=O) groups excluding carboxylic acids is 8. The van der Waals surface area contributed by atoms with Crippen LogP contribution in [-0.4, -0.2) is 101 Å². The fourth-order valence-corrected chi connectivity index (χ4v) is 7.72. The van der Waals surface area contributed by atoms with Gasteiger partial charge in [-0.25, -0.2) is 4.79 Å². The van der Waals surface area contributed by atoms with E-state index in [-0.39, 0.29) is 72.9 Å². The number of nitrogens with zero attached hydrogens (tertiary/aromatic N) is 1. The number of amides is 7. The zero-order chi connectivity index (χ0) is 48.1. The molecule has 1 unspecified atom stereocenters. The third-order valence-electron chi connectivity index (χ3n) is 10.6. The van der Waals surface area contributed by atoms with Crippen molar-refractivity contribution in [1.29, 1.82) is 0 Å². The molecule has 0 bridgehead atoms. The monoisotopic (exact) mass is 938 g/mol. The van der Waals surface area contributed by atoms with Crippen molar-refractivity contribution in [2.45, 2.75) is 141 Å². The van der Waals surface area contributed by atoms with E-state index in [0.717, 1.165) is 32.1 Å². The Kier molecular flexibility index (Phi) is 23.6. The molecule has 0 radical (unpaired) electrons. The molecule has 1 aliphatic carbocycles. The maximum atomic E-state index is 14.2. The van der Waals surface area contributed by atoms with Crippen LogP contribution in [0.25, 0.3) is 0 Å². The molecule has 64 heavy (non-hydrogen) atoms. The quantitative estimate of drug-likeness (QED) is 0.0318. The van der Waals surface area contributed by atoms with Crippen LogP contribution in [0.5, 0.6) is 0 Å². The van der Waals surface area contributed by atoms with Crippen LogP contribution in [0.4, 0.5) is 0 Å². The molecule has 0 aromatic heterocycles. The molecule has 0 spiro atoms. The van der Waals surface area contributed by atoms with Crippen LogP contribution >= 0.6 is 23.2 Å². The van der Waals surface area contributed by atoms with Crippen LogP contribution in [0.15, 0.2) is 23.2 Å². The van der Waals surface area contributed by atoms with E-state index in [4.69, 9.17) is 46.1 Å². The van der Waals surface area contributed by atoms with E-state index < -0.39 is 102 Å². The number of aliphatic imine (C=N–C) groups is 1. The molecular weight excluding hydrogens is 875 g/mol. The van der Waals surface area contributed by atoms with Gasteiger partial charge in [-0.2, -0.15) is 0 Å². The van der Waals surface area contributed by atoms with Crippen molar-refractivity contribution >= 4 is 82.3 Å². The Morgan fingerprint density at radius 3 is 1.88 bits per heavy atom. The molecule has 0 saturated heterocycles. The first-order valence-corrected chi connectivity index (χ1v) is 22.1. The number of hydrogen-bond acceptors (Lipinski definition) is 10. The molecule has 14 N–H and O–H groups in total. The van der Waals surface area contributed by atoms with Crippen LogP contribution in [0.2, 0.25) is 10.0 Å². The highest BCUT2D eigenvalue weighted by atomic mass is 35.5. The van der Waals surface area contributed by atoms with Gasteiger partial charge in [-0.3, -0.25) is 43.3 Å². The van der Waals surface area contributed by atoms with E-state index in [0.29, 0.717) is 12.0 Å². The Balaban J connectivity index is 2.39. The molecule has 22 heteroatoms. The predicted octanol–water partition coefficient (Wildman–Crippen LogP) is 0.851. The molecule has 1 fully saturated rings. The van der Waals surface area contributed by atoms with Gasteiger partial charge in [0, 0.05) is 38.6 Å². The number of Topliss-reactive ketones (excluding diaryl/α,β-unsaturated/α-hetero) is 1. The highest BCUT2D eigenvalue weighted by Gasteiger charge is 2.35. The van der Waals surface area contributed by atoms with Gasteiger partial charge < -0.3 is 54.6 Å². The first-order chi connectivity index (χ1) is 30.1. The fourth-order valence-electron chi connectivity index (χ4n) is 7.40. The number of primary amides is 2. The van der Waals surface area contributed by atoms with Crippen molar-refractivity contribution in [2.75, 3.05) is 6.54 Å². The lowest BCUT2D eigenvalue weighted by atomic mass is 9.84. The summed E-state index contributed by atoms with van der Waals surface area (Å²) in [6.45, 7) is 4.92. The van der Waals surface area contributed by atoms with E-state index in [2.05, 4.69) is 31.6 Å². The van der Waals surface area contributed by atoms with Gasteiger partial charge in [-0.1, -0.05) is 75.2 Å². The number of guanidine groups is 1. The number of benzene rings is 1. The smallest absolute Gasteiger partial charge is 0.326 e. The number of rotatable bonds is 28. The Morgan fingerprint density at radius 1 is 0.719 bits per heavy atom. The number of carboxylic acid groups (broad SMARTS) is 1. The second-order valence-electron chi connectivity index (χ2n) is 16.6. The SMILES string of the molecule is CC(=O)N[C@@H](CCCN=C(N)N)C(=O)C[C@@H](CCC(N)=O)C(=O)N[C@@H](CC1CCCCC1)C(=O)N[C@@H](CC(N)=O)C(=O)N[C@@H](CC(C)C)C(=O)NC(Cc1ccc(Cl)c(Cl)c1)C(=O)O. The standard InChI is InChI=1S/C42H64Cl2N10O10/c1-22(2)16-30(38(60)54-33(41(63)64)19-25-11-13-27(43)28(44)17-25)52-40(62)32(21-36(46)58)53-39(61)31(18-24-8-5-4-6-9-24)51-37(59)26(12-14-35(45)57)20-34(56)29(50-23(3)55)10-7-15-49-42(47)48/h11,13,17,22,24,26,29-33H,4-10,12,14-16,18-21H2,1-3H3,(H2,45,57)(H2,46,58)(H,50,55)(H,51,59)(H,52,62)(H,53,61)(H,54,60)(H,63,64)(H4,47,48,49)/t26-,29+,30+,31+,32+,33?/m1/s1. The Morgan fingerprint density at radius 2 is 1.31 bits per heavy atom. The van der Waals surface area contributed by atoms with Crippen molar-refractivity contribution in [3.8, 4) is 0 Å². The third kappa shape index (κ3) is 20.8. The van der Waals surface area contributed by atoms with Gasteiger partial charge >= 0.3 is 5.97 Å². The van der Waals surface area contributed by atoms with Crippen LogP contribution < -0.4 is 49.5 Å². The van der Waals surface area contributed by atoms with Crippen LogP contribution in [0.3, 0.4) is 0 Å². The van der Waals surface area contributed by atoms with Crippen molar-refractivity contribution in [2.24, 2.45) is 45.7 Å². The first-order valence-electron chi connectivity index (χ1n) is 21.4. The number of ketones is 1. The molecule has 1 aliphatic rings. The number of halogens is 2. The summed E-state index contributed by atoms with van der Waals surface area (Å²) in [7, 11) is 0. The number of hydrogen-bond donors (Lipinski definition) is 10. The summed E-state index contributed by atoms with van der Waals surface area (Å²) in [6.07, 6.45) is 3.00. The zero-order valence-corrected chi connectivity index (χ0v) is 38.1. The highest BCUT2D eigenvalue weighted by molar-refractivity contribution is 6.42. The minimum Gasteiger partial charge on any atom is -0.480 e. The predicted molar refractivity (Wildman–Crippen MR) is 239 cm³/mol. The Hall–Kier alpha value is -5.50. The van der Waals surface area contributed by atoms with E-state index in [1.54, 1.807) is 19.9 Å². The topological polar surface area (TPSA) is 350 Å². The number of carbonyl (C=O) groups is 9. The Bertz CT molecular complexity index is 1860. The van der Waals surface area contributed by atoms with E-state index >= 15 is 0 Å². The lowest BCUT2D eigenvalue weighted by Crippen LogP contribution is -2.59. The zero-order valence-electron chi connectivity index (χ0n) is 36.6. The van der Waals surface area contributed by atoms with Gasteiger partial charge in [0.15, 0.2) is 11.7 Å². The summed E-state index contributed by atoms with van der Waals surface area (Å²) in [6, 6.07) is -2.25. The van der Waals surface area contributed by atoms with Crippen molar-refractivity contribution < 1.29 is 48.3 Å². The van der Waals surface area contributed by atoms with Crippen molar-refractivity contribution in [1.82, 2.24) is 26.6 Å². The van der Waals surface area contributed by atoms with E-state index in [1.165, 1.54) is 19.1 Å². The molecule has 0 aliphatic heterocycles. The number of nitrogens with two attached hydrogens (primary N) is 4. The lowest BCUT2D eigenvalue weighted by Gasteiger charge is -2.30. The summed E-state index contributed by atoms with van der Waals surface area (Å²) in [5, 5.41) is 23.2. The summed E-state index contributed by atoms with van der Waals surface area (Å²) in [5.74, 6) is -9.17. The molecule has 1 aromatic carbocycles. The number of carboxylic acids is 1. The average molecular weight is 940 g/mol. The number of nitrogens with one attached hydrogen (secondary N) is 5. The van der Waals surface area contributed by atoms with E-state index in [9.17, 15) is 48.3 Å². The molecular formula is C42H64Cl2N10O10. The van der Waals surface area contributed by atoms with Crippen LogP contribution in [0, 0.1) is 17.8 Å². The lowest BCUT2D eigenvalue weighted by molar-refractivity contribution is -0.142. The largest absolute Gasteiger partial charge is 0.480 e. The van der Waals surface area contributed by atoms with Gasteiger partial charge in [0.2, 0.25) is 41.4 Å².